The lowest BCUT2D eigenvalue weighted by Crippen LogP contribution is -2.67. The number of nitrogens with zero attached hydrogens (tertiary/aromatic N) is 2. The van der Waals surface area contributed by atoms with Crippen molar-refractivity contribution >= 4 is 11.9 Å². The van der Waals surface area contributed by atoms with Crippen LogP contribution in [-0.4, -0.2) is 47.4 Å². The van der Waals surface area contributed by atoms with Gasteiger partial charge in [-0.1, -0.05) is 48.5 Å². The first-order chi connectivity index (χ1) is 12.7. The van der Waals surface area contributed by atoms with Crippen LogP contribution in [0.1, 0.15) is 22.3 Å². The minimum Gasteiger partial charge on any atom is -0.338 e. The molecule has 2 aliphatic heterocycles. The van der Waals surface area contributed by atoms with Crippen LogP contribution < -0.4 is 5.32 Å². The summed E-state index contributed by atoms with van der Waals surface area (Å²) < 4.78 is 0. The Morgan fingerprint density at radius 3 is 2.35 bits per heavy atom. The zero-order valence-corrected chi connectivity index (χ0v) is 14.7. The van der Waals surface area contributed by atoms with E-state index >= 15 is 0 Å². The number of nitrogens with one attached hydrogen (secondary N) is 1. The molecule has 5 nitrogen and oxygen atoms in total. The highest BCUT2D eigenvalue weighted by molar-refractivity contribution is 5.94. The molecular formula is C21H23N3O2. The second-order valence-electron chi connectivity index (χ2n) is 7.03. The van der Waals surface area contributed by atoms with E-state index in [0.717, 1.165) is 30.6 Å². The minimum atomic E-state index is -0.00191. The van der Waals surface area contributed by atoms with E-state index in [9.17, 15) is 9.59 Å². The summed E-state index contributed by atoms with van der Waals surface area (Å²) in [6.45, 7) is 2.72. The maximum Gasteiger partial charge on any atom is 0.317 e. The van der Waals surface area contributed by atoms with Gasteiger partial charge in [-0.15, -0.1) is 0 Å². The number of likely N-dealkylation sites (tertiary alicyclic amines) is 2. The molecular weight excluding hydrogens is 326 g/mol. The van der Waals surface area contributed by atoms with E-state index < -0.39 is 0 Å². The quantitative estimate of drug-likeness (QED) is 0.926. The summed E-state index contributed by atoms with van der Waals surface area (Å²) in [6.07, 6.45) is 0.849. The standard InChI is InChI=1S/C21H23N3O2/c25-20(17-9-5-2-6-10-17)23-12-11-19-18(14-23)15-24(19)21(26)22-13-16-7-3-1-4-8-16/h1-10,18-19H,11-15H2,(H,22,26)/t18-,19-/m1/s1. The number of piperidine rings is 1. The van der Waals surface area contributed by atoms with Crippen molar-refractivity contribution in [2.24, 2.45) is 5.92 Å². The molecule has 2 aromatic carbocycles. The molecule has 2 atom stereocenters. The fraction of sp³-hybridized carbons (Fsp3) is 0.333. The van der Waals surface area contributed by atoms with Crippen molar-refractivity contribution in [3.05, 3.63) is 71.8 Å². The first-order valence-corrected chi connectivity index (χ1v) is 9.15. The molecule has 2 heterocycles. The van der Waals surface area contributed by atoms with Gasteiger partial charge in [0.25, 0.3) is 5.91 Å². The van der Waals surface area contributed by atoms with Crippen molar-refractivity contribution in [1.29, 1.82) is 0 Å². The smallest absolute Gasteiger partial charge is 0.317 e. The molecule has 26 heavy (non-hydrogen) atoms. The molecule has 0 spiro atoms. The molecule has 2 fully saturated rings. The topological polar surface area (TPSA) is 52.7 Å². The predicted molar refractivity (Wildman–Crippen MR) is 99.6 cm³/mol. The molecule has 2 saturated heterocycles. The molecule has 134 valence electrons. The highest BCUT2D eigenvalue weighted by Gasteiger charge is 2.45. The van der Waals surface area contributed by atoms with Gasteiger partial charge in [-0.2, -0.15) is 0 Å². The second-order valence-corrected chi connectivity index (χ2v) is 7.03. The van der Waals surface area contributed by atoms with Crippen molar-refractivity contribution in [2.45, 2.75) is 19.0 Å². The third-order valence-electron chi connectivity index (χ3n) is 5.38. The van der Waals surface area contributed by atoms with Gasteiger partial charge in [0, 0.05) is 43.7 Å². The summed E-state index contributed by atoms with van der Waals surface area (Å²) in [7, 11) is 0. The van der Waals surface area contributed by atoms with Gasteiger partial charge in [0.1, 0.15) is 0 Å². The molecule has 1 N–H and O–H groups in total. The zero-order valence-electron chi connectivity index (χ0n) is 14.7. The lowest BCUT2D eigenvalue weighted by Gasteiger charge is -2.53. The predicted octanol–water partition coefficient (Wildman–Crippen LogP) is 2.74. The van der Waals surface area contributed by atoms with Crippen LogP contribution in [-0.2, 0) is 6.54 Å². The summed E-state index contributed by atoms with van der Waals surface area (Å²) in [5.41, 5.74) is 1.84. The van der Waals surface area contributed by atoms with Gasteiger partial charge in [0.2, 0.25) is 0 Å². The lowest BCUT2D eigenvalue weighted by molar-refractivity contribution is -0.00931. The van der Waals surface area contributed by atoms with Crippen LogP contribution in [0.2, 0.25) is 0 Å². The molecule has 0 saturated carbocycles. The molecule has 2 aromatic rings. The van der Waals surface area contributed by atoms with Gasteiger partial charge < -0.3 is 15.1 Å². The van der Waals surface area contributed by atoms with Gasteiger partial charge in [-0.05, 0) is 24.1 Å². The first kappa shape index (κ1) is 16.6. The van der Waals surface area contributed by atoms with Crippen LogP contribution in [0.4, 0.5) is 4.79 Å². The van der Waals surface area contributed by atoms with E-state index in [4.69, 9.17) is 0 Å². The third-order valence-corrected chi connectivity index (χ3v) is 5.38. The Bertz CT molecular complexity index is 778. The highest BCUT2D eigenvalue weighted by atomic mass is 16.2. The molecule has 0 radical (unpaired) electrons. The number of amides is 3. The summed E-state index contributed by atoms with van der Waals surface area (Å²) in [5, 5.41) is 3.00. The van der Waals surface area contributed by atoms with Gasteiger partial charge in [-0.3, -0.25) is 4.79 Å². The molecule has 5 heteroatoms. The Labute approximate surface area is 153 Å². The Balaban J connectivity index is 1.29. The number of benzene rings is 2. The second kappa shape index (κ2) is 7.20. The van der Waals surface area contributed by atoms with E-state index in [2.05, 4.69) is 5.32 Å². The Morgan fingerprint density at radius 1 is 0.962 bits per heavy atom. The first-order valence-electron chi connectivity index (χ1n) is 9.15. The van der Waals surface area contributed by atoms with Crippen LogP contribution in [0.3, 0.4) is 0 Å². The lowest BCUT2D eigenvalue weighted by atomic mass is 9.82. The van der Waals surface area contributed by atoms with Crippen molar-refractivity contribution in [1.82, 2.24) is 15.1 Å². The molecule has 3 amide bonds. The van der Waals surface area contributed by atoms with Crippen molar-refractivity contribution < 1.29 is 9.59 Å². The van der Waals surface area contributed by atoms with Crippen molar-refractivity contribution in [2.75, 3.05) is 19.6 Å². The number of rotatable bonds is 3. The number of urea groups is 1. The highest BCUT2D eigenvalue weighted by Crippen LogP contribution is 2.32. The Morgan fingerprint density at radius 2 is 1.65 bits per heavy atom. The van der Waals surface area contributed by atoms with Crippen LogP contribution in [0.5, 0.6) is 0 Å². The fourth-order valence-corrected chi connectivity index (χ4v) is 3.92. The molecule has 4 rings (SSSR count). The van der Waals surface area contributed by atoms with E-state index in [0.29, 0.717) is 19.0 Å². The van der Waals surface area contributed by atoms with Crippen molar-refractivity contribution in [3.8, 4) is 0 Å². The average molecular weight is 349 g/mol. The molecule has 0 aromatic heterocycles. The number of carbonyl (C=O) groups excluding carboxylic acids is 2. The summed E-state index contributed by atoms with van der Waals surface area (Å²) in [6, 6.07) is 19.6. The van der Waals surface area contributed by atoms with E-state index in [1.165, 1.54) is 0 Å². The van der Waals surface area contributed by atoms with Crippen LogP contribution in [0.15, 0.2) is 60.7 Å². The fourth-order valence-electron chi connectivity index (χ4n) is 3.92. The summed E-state index contributed by atoms with van der Waals surface area (Å²) in [4.78, 5) is 28.8. The molecule has 0 aliphatic carbocycles. The normalized spacial score (nSPS) is 21.5. The van der Waals surface area contributed by atoms with Gasteiger partial charge in [-0.25, -0.2) is 4.79 Å². The number of fused-ring (bicyclic) bond motifs is 1. The summed E-state index contributed by atoms with van der Waals surface area (Å²) in [5.74, 6) is 0.481. The third kappa shape index (κ3) is 3.29. The van der Waals surface area contributed by atoms with Crippen molar-refractivity contribution in [3.63, 3.8) is 0 Å². The number of carbonyl (C=O) groups is 2. The number of hydrogen-bond donors (Lipinski definition) is 1. The van der Waals surface area contributed by atoms with E-state index in [1.54, 1.807) is 0 Å². The largest absolute Gasteiger partial charge is 0.338 e. The average Bonchev–Trinajstić information content (AvgIpc) is 2.68. The van der Waals surface area contributed by atoms with Crippen LogP contribution in [0.25, 0.3) is 0 Å². The van der Waals surface area contributed by atoms with E-state index in [-0.39, 0.29) is 18.0 Å². The molecule has 0 bridgehead atoms. The Hall–Kier alpha value is -2.82. The van der Waals surface area contributed by atoms with Gasteiger partial charge in [0.05, 0.1) is 0 Å². The van der Waals surface area contributed by atoms with Gasteiger partial charge in [0.15, 0.2) is 0 Å². The Kier molecular flexibility index (Phi) is 4.61. The van der Waals surface area contributed by atoms with E-state index in [1.807, 2.05) is 70.5 Å². The maximum atomic E-state index is 12.6. The van der Waals surface area contributed by atoms with Gasteiger partial charge >= 0.3 is 6.03 Å². The minimum absolute atomic E-state index is 0.00191. The zero-order chi connectivity index (χ0) is 17.9. The number of hydrogen-bond acceptors (Lipinski definition) is 2. The summed E-state index contributed by atoms with van der Waals surface area (Å²) >= 11 is 0. The SMILES string of the molecule is O=C(c1ccccc1)N1CC[C@@H]2[C@H](C1)CN2C(=O)NCc1ccccc1. The monoisotopic (exact) mass is 349 g/mol. The van der Waals surface area contributed by atoms with Crippen LogP contribution >= 0.6 is 0 Å². The molecule has 2 aliphatic rings. The molecule has 0 unspecified atom stereocenters. The van der Waals surface area contributed by atoms with Crippen LogP contribution in [0, 0.1) is 5.92 Å². The maximum absolute atomic E-state index is 12.6.